The van der Waals surface area contributed by atoms with E-state index in [0.717, 1.165) is 31.0 Å². The second kappa shape index (κ2) is 6.78. The highest BCUT2D eigenvalue weighted by atomic mass is 16.7. The summed E-state index contributed by atoms with van der Waals surface area (Å²) in [6.07, 6.45) is 5.25. The lowest BCUT2D eigenvalue weighted by Gasteiger charge is -2.37. The third-order valence-corrected chi connectivity index (χ3v) is 4.53. The maximum absolute atomic E-state index is 5.72. The Balaban J connectivity index is 1.47. The number of aromatic nitrogens is 3. The predicted octanol–water partition coefficient (Wildman–Crippen LogP) is 1.99. The van der Waals surface area contributed by atoms with Crippen LogP contribution in [0.1, 0.15) is 25.1 Å². The minimum absolute atomic E-state index is 0.0912. The molecular weight excluding hydrogens is 292 g/mol. The molecule has 0 aliphatic carbocycles. The van der Waals surface area contributed by atoms with Crippen LogP contribution >= 0.6 is 0 Å². The first-order valence-corrected chi connectivity index (χ1v) is 8.33. The van der Waals surface area contributed by atoms with Gasteiger partial charge in [0.2, 0.25) is 0 Å². The Morgan fingerprint density at radius 1 is 1.09 bits per heavy atom. The van der Waals surface area contributed by atoms with Crippen molar-refractivity contribution in [2.24, 2.45) is 0 Å². The summed E-state index contributed by atoms with van der Waals surface area (Å²) in [5, 5.41) is 4.62. The first-order valence-electron chi connectivity index (χ1n) is 8.33. The minimum Gasteiger partial charge on any atom is -0.349 e. The van der Waals surface area contributed by atoms with E-state index in [1.165, 1.54) is 12.8 Å². The molecule has 0 spiro atoms. The third kappa shape index (κ3) is 3.29. The van der Waals surface area contributed by atoms with E-state index in [0.29, 0.717) is 19.3 Å². The number of benzene rings is 1. The summed E-state index contributed by atoms with van der Waals surface area (Å²) in [4.78, 5) is 6.88. The van der Waals surface area contributed by atoms with Crippen molar-refractivity contribution in [3.05, 3.63) is 42.5 Å². The highest BCUT2D eigenvalue weighted by Gasteiger charge is 2.34. The molecule has 2 fully saturated rings. The number of ether oxygens (including phenoxy) is 2. The molecule has 1 aromatic heterocycles. The zero-order chi connectivity index (χ0) is 15.5. The fourth-order valence-electron chi connectivity index (χ4n) is 3.38. The monoisotopic (exact) mass is 314 g/mol. The van der Waals surface area contributed by atoms with Crippen molar-refractivity contribution >= 4 is 0 Å². The number of rotatable bonds is 4. The van der Waals surface area contributed by atoms with Gasteiger partial charge in [0.05, 0.1) is 31.5 Å². The first-order chi connectivity index (χ1) is 11.4. The van der Waals surface area contributed by atoms with Crippen LogP contribution in [0, 0.1) is 0 Å². The summed E-state index contributed by atoms with van der Waals surface area (Å²) < 4.78 is 13.3. The van der Waals surface area contributed by atoms with Gasteiger partial charge in [-0.2, -0.15) is 0 Å². The second-order valence-electron chi connectivity index (χ2n) is 6.08. The van der Waals surface area contributed by atoms with Gasteiger partial charge >= 0.3 is 0 Å². The number of nitrogens with zero attached hydrogens (tertiary/aromatic N) is 4. The molecule has 1 aromatic carbocycles. The van der Waals surface area contributed by atoms with Crippen molar-refractivity contribution in [2.75, 3.05) is 19.8 Å². The van der Waals surface area contributed by atoms with Gasteiger partial charge in [-0.25, -0.2) is 9.67 Å². The Hall–Kier alpha value is -1.76. The zero-order valence-electron chi connectivity index (χ0n) is 13.2. The molecule has 2 saturated heterocycles. The Kier molecular flexibility index (Phi) is 4.37. The molecule has 0 N–H and O–H groups in total. The molecule has 4 rings (SSSR count). The molecule has 0 radical (unpaired) electrons. The van der Waals surface area contributed by atoms with Gasteiger partial charge in [-0.15, -0.1) is 5.10 Å². The van der Waals surface area contributed by atoms with E-state index in [-0.39, 0.29) is 6.29 Å². The fourth-order valence-corrected chi connectivity index (χ4v) is 3.38. The van der Waals surface area contributed by atoms with E-state index >= 15 is 0 Å². The molecule has 2 aliphatic rings. The molecule has 0 bridgehead atoms. The molecule has 0 saturated carbocycles. The van der Waals surface area contributed by atoms with E-state index in [4.69, 9.17) is 9.47 Å². The number of likely N-dealkylation sites (tertiary alicyclic amines) is 1. The van der Waals surface area contributed by atoms with Crippen molar-refractivity contribution in [1.82, 2.24) is 19.7 Å². The van der Waals surface area contributed by atoms with Gasteiger partial charge in [0.15, 0.2) is 12.1 Å². The van der Waals surface area contributed by atoms with Crippen molar-refractivity contribution in [2.45, 2.75) is 38.1 Å². The average molecular weight is 314 g/mol. The van der Waals surface area contributed by atoms with Crippen LogP contribution in [0.25, 0.3) is 5.69 Å². The first kappa shape index (κ1) is 14.8. The van der Waals surface area contributed by atoms with E-state index in [2.05, 4.69) is 15.0 Å². The maximum Gasteiger partial charge on any atom is 0.173 e. The lowest BCUT2D eigenvalue weighted by atomic mass is 10.0. The molecular formula is C17H22N4O2. The quantitative estimate of drug-likeness (QED) is 0.864. The zero-order valence-corrected chi connectivity index (χ0v) is 13.2. The largest absolute Gasteiger partial charge is 0.349 e. The topological polar surface area (TPSA) is 52.4 Å². The van der Waals surface area contributed by atoms with Crippen LogP contribution in [0.2, 0.25) is 0 Å². The summed E-state index contributed by atoms with van der Waals surface area (Å²) in [7, 11) is 0. The highest BCUT2D eigenvalue weighted by molar-refractivity contribution is 5.29. The smallest absolute Gasteiger partial charge is 0.173 e. The Labute approximate surface area is 136 Å². The summed E-state index contributed by atoms with van der Waals surface area (Å²) in [5.74, 6) is 0.846. The summed E-state index contributed by atoms with van der Waals surface area (Å²) >= 11 is 0. The van der Waals surface area contributed by atoms with E-state index < -0.39 is 0 Å². The van der Waals surface area contributed by atoms with Crippen LogP contribution in [-0.4, -0.2) is 51.8 Å². The molecule has 2 aromatic rings. The molecule has 3 heterocycles. The van der Waals surface area contributed by atoms with Crippen LogP contribution in [0.4, 0.5) is 0 Å². The summed E-state index contributed by atoms with van der Waals surface area (Å²) in [6.45, 7) is 3.20. The van der Waals surface area contributed by atoms with Crippen molar-refractivity contribution in [3.8, 4) is 5.69 Å². The lowest BCUT2D eigenvalue weighted by Crippen LogP contribution is -2.46. The van der Waals surface area contributed by atoms with Crippen molar-refractivity contribution in [1.29, 1.82) is 0 Å². The third-order valence-electron chi connectivity index (χ3n) is 4.53. The van der Waals surface area contributed by atoms with E-state index in [9.17, 15) is 0 Å². The SMILES string of the molecule is c1ccc(-n2cnc(CN3CCCC[C@@H]3C3OCCO3)n2)cc1. The predicted molar refractivity (Wildman–Crippen MR) is 85.1 cm³/mol. The molecule has 0 unspecified atom stereocenters. The number of para-hydroxylation sites is 1. The van der Waals surface area contributed by atoms with Crippen LogP contribution in [-0.2, 0) is 16.0 Å². The molecule has 2 aliphatic heterocycles. The molecule has 6 heteroatoms. The molecule has 0 amide bonds. The van der Waals surface area contributed by atoms with Crippen LogP contribution in [0.15, 0.2) is 36.7 Å². The van der Waals surface area contributed by atoms with Gasteiger partial charge in [0.25, 0.3) is 0 Å². The van der Waals surface area contributed by atoms with Gasteiger partial charge in [-0.1, -0.05) is 24.6 Å². The van der Waals surface area contributed by atoms with Crippen molar-refractivity contribution in [3.63, 3.8) is 0 Å². The van der Waals surface area contributed by atoms with Gasteiger partial charge < -0.3 is 9.47 Å². The van der Waals surface area contributed by atoms with Gasteiger partial charge in [-0.3, -0.25) is 4.90 Å². The highest BCUT2D eigenvalue weighted by Crippen LogP contribution is 2.25. The molecule has 6 nitrogen and oxygen atoms in total. The van der Waals surface area contributed by atoms with Crippen LogP contribution in [0.5, 0.6) is 0 Å². The summed E-state index contributed by atoms with van der Waals surface area (Å²) in [5.41, 5.74) is 1.03. The Morgan fingerprint density at radius 2 is 1.91 bits per heavy atom. The lowest BCUT2D eigenvalue weighted by molar-refractivity contribution is -0.111. The standard InChI is InChI=1S/C17H22N4O2/c1-2-6-14(7-3-1)21-13-18-16(19-21)12-20-9-5-4-8-15(20)17-22-10-11-23-17/h1-3,6-7,13,15,17H,4-5,8-12H2/t15-/m1/s1. The van der Waals surface area contributed by atoms with E-state index in [1.54, 1.807) is 6.33 Å². The minimum atomic E-state index is -0.0912. The van der Waals surface area contributed by atoms with E-state index in [1.807, 2.05) is 35.0 Å². The van der Waals surface area contributed by atoms with Crippen molar-refractivity contribution < 1.29 is 9.47 Å². The number of hydrogen-bond acceptors (Lipinski definition) is 5. The normalized spacial score (nSPS) is 23.4. The molecule has 23 heavy (non-hydrogen) atoms. The van der Waals surface area contributed by atoms with Gasteiger partial charge in [0, 0.05) is 0 Å². The van der Waals surface area contributed by atoms with Crippen LogP contribution < -0.4 is 0 Å². The average Bonchev–Trinajstić information content (AvgIpc) is 3.28. The molecule has 122 valence electrons. The molecule has 1 atom stereocenters. The fraction of sp³-hybridized carbons (Fsp3) is 0.529. The number of hydrogen-bond donors (Lipinski definition) is 0. The second-order valence-corrected chi connectivity index (χ2v) is 6.08. The van der Waals surface area contributed by atoms with Crippen LogP contribution in [0.3, 0.4) is 0 Å². The maximum atomic E-state index is 5.72. The number of piperidine rings is 1. The summed E-state index contributed by atoms with van der Waals surface area (Å²) in [6, 6.07) is 10.4. The van der Waals surface area contributed by atoms with Gasteiger partial charge in [-0.05, 0) is 31.5 Å². The Morgan fingerprint density at radius 3 is 2.74 bits per heavy atom. The Bertz CT molecular complexity index is 625. The van der Waals surface area contributed by atoms with Gasteiger partial charge in [0.1, 0.15) is 6.33 Å².